The molecule has 1 unspecified atom stereocenters. The van der Waals surface area contributed by atoms with Gasteiger partial charge in [0.05, 0.1) is 19.3 Å². The van der Waals surface area contributed by atoms with E-state index in [0.717, 1.165) is 27.7 Å². The molecule has 0 bridgehead atoms. The van der Waals surface area contributed by atoms with Crippen LogP contribution in [0.3, 0.4) is 0 Å². The van der Waals surface area contributed by atoms with Crippen LogP contribution in [0.25, 0.3) is 16.8 Å². The van der Waals surface area contributed by atoms with Gasteiger partial charge in [-0.1, -0.05) is 54.6 Å². The first-order valence-corrected chi connectivity index (χ1v) is 10.3. The molecule has 0 radical (unpaired) electrons. The second-order valence-corrected chi connectivity index (χ2v) is 7.42. The third-order valence-corrected chi connectivity index (χ3v) is 4.96. The van der Waals surface area contributed by atoms with Crippen LogP contribution in [0.2, 0.25) is 0 Å². The molecule has 0 spiro atoms. The minimum absolute atomic E-state index is 0.215. The topological polar surface area (TPSA) is 56.8 Å². The summed E-state index contributed by atoms with van der Waals surface area (Å²) in [5.74, 6) is 0.514. The van der Waals surface area contributed by atoms with Gasteiger partial charge in [0.25, 0.3) is 0 Å². The number of carbonyl (C=O) groups is 1. The largest absolute Gasteiger partial charge is 0.489 e. The first-order chi connectivity index (χ1) is 15.1. The molecular weight excluding hydrogens is 390 g/mol. The van der Waals surface area contributed by atoms with Crippen LogP contribution < -0.4 is 10.1 Å². The summed E-state index contributed by atoms with van der Waals surface area (Å²) in [7, 11) is 3.08. The molecule has 5 nitrogen and oxygen atoms in total. The van der Waals surface area contributed by atoms with Gasteiger partial charge in [-0.15, -0.1) is 0 Å². The van der Waals surface area contributed by atoms with Crippen molar-refractivity contribution in [1.29, 1.82) is 0 Å². The molecule has 0 amide bonds. The summed E-state index contributed by atoms with van der Waals surface area (Å²) < 4.78 is 16.2. The van der Waals surface area contributed by atoms with E-state index in [-0.39, 0.29) is 12.0 Å². The molecule has 162 valence electrons. The van der Waals surface area contributed by atoms with Gasteiger partial charge in [-0.05, 0) is 41.6 Å². The number of hydrogen-bond acceptors (Lipinski definition) is 5. The van der Waals surface area contributed by atoms with Gasteiger partial charge in [0, 0.05) is 25.1 Å². The van der Waals surface area contributed by atoms with E-state index in [0.29, 0.717) is 25.3 Å². The van der Waals surface area contributed by atoms with Gasteiger partial charge in [-0.2, -0.15) is 0 Å². The predicted molar refractivity (Wildman–Crippen MR) is 125 cm³/mol. The Morgan fingerprint density at radius 3 is 2.48 bits per heavy atom. The molecule has 1 atom stereocenters. The SMILES string of the molecule is COCC(C)NC/C(=C/c1ccc(C(=O)OC)cc1)COc1cccc2ccccc12. The Morgan fingerprint density at radius 2 is 1.74 bits per heavy atom. The molecule has 0 aliphatic rings. The molecule has 3 aromatic rings. The molecule has 0 heterocycles. The van der Waals surface area contributed by atoms with Crippen LogP contribution in [0.4, 0.5) is 0 Å². The van der Waals surface area contributed by atoms with Crippen molar-refractivity contribution in [3.8, 4) is 5.75 Å². The lowest BCUT2D eigenvalue weighted by atomic mass is 10.1. The van der Waals surface area contributed by atoms with Crippen LogP contribution in [-0.4, -0.2) is 46.0 Å². The smallest absolute Gasteiger partial charge is 0.337 e. The minimum Gasteiger partial charge on any atom is -0.489 e. The van der Waals surface area contributed by atoms with Crippen molar-refractivity contribution in [1.82, 2.24) is 5.32 Å². The molecule has 0 aliphatic carbocycles. The van der Waals surface area contributed by atoms with Crippen molar-refractivity contribution < 1.29 is 19.0 Å². The molecule has 0 aliphatic heterocycles. The summed E-state index contributed by atoms with van der Waals surface area (Å²) in [6, 6.07) is 21.8. The summed E-state index contributed by atoms with van der Waals surface area (Å²) >= 11 is 0. The van der Waals surface area contributed by atoms with E-state index in [9.17, 15) is 4.79 Å². The van der Waals surface area contributed by atoms with Gasteiger partial charge >= 0.3 is 5.97 Å². The van der Waals surface area contributed by atoms with Gasteiger partial charge in [0.1, 0.15) is 12.4 Å². The standard InChI is InChI=1S/C26H29NO4/c1-19(17-29-2)27-16-21(15-20-11-13-23(14-12-20)26(28)30-3)18-31-25-10-6-8-22-7-4-5-9-24(22)25/h4-15,19,27H,16-18H2,1-3H3/b21-15-. The molecule has 0 saturated heterocycles. The van der Waals surface area contributed by atoms with E-state index in [4.69, 9.17) is 14.2 Å². The molecule has 5 heteroatoms. The second-order valence-electron chi connectivity index (χ2n) is 7.42. The third-order valence-electron chi connectivity index (χ3n) is 4.96. The lowest BCUT2D eigenvalue weighted by Crippen LogP contribution is -2.32. The van der Waals surface area contributed by atoms with Gasteiger partial charge in [-0.25, -0.2) is 4.79 Å². The number of rotatable bonds is 10. The summed E-state index contributed by atoms with van der Waals surface area (Å²) in [6.07, 6.45) is 2.08. The highest BCUT2D eigenvalue weighted by atomic mass is 16.5. The van der Waals surface area contributed by atoms with Gasteiger partial charge in [0.2, 0.25) is 0 Å². The molecule has 3 aromatic carbocycles. The summed E-state index contributed by atoms with van der Waals surface area (Å²) in [6.45, 7) is 3.82. The highest BCUT2D eigenvalue weighted by Crippen LogP contribution is 2.25. The fraction of sp³-hybridized carbons (Fsp3) is 0.269. The van der Waals surface area contributed by atoms with Crippen molar-refractivity contribution in [3.63, 3.8) is 0 Å². The first kappa shape index (κ1) is 22.5. The maximum atomic E-state index is 11.7. The number of benzene rings is 3. The number of methoxy groups -OCH3 is 2. The van der Waals surface area contributed by atoms with Gasteiger partial charge in [-0.3, -0.25) is 0 Å². The zero-order chi connectivity index (χ0) is 22.1. The Hall–Kier alpha value is -3.15. The van der Waals surface area contributed by atoms with Crippen molar-refractivity contribution in [2.75, 3.05) is 34.0 Å². The fourth-order valence-corrected chi connectivity index (χ4v) is 3.32. The molecule has 3 rings (SSSR count). The molecule has 31 heavy (non-hydrogen) atoms. The quantitative estimate of drug-likeness (QED) is 0.482. The molecular formula is C26H29NO4. The average molecular weight is 420 g/mol. The van der Waals surface area contributed by atoms with Crippen LogP contribution in [0.15, 0.2) is 72.3 Å². The van der Waals surface area contributed by atoms with Crippen LogP contribution in [0.5, 0.6) is 5.75 Å². The number of carbonyl (C=O) groups excluding carboxylic acids is 1. The Bertz CT molecular complexity index is 1020. The highest BCUT2D eigenvalue weighted by Gasteiger charge is 2.08. The Balaban J connectivity index is 1.78. The Morgan fingerprint density at radius 1 is 1.00 bits per heavy atom. The molecule has 0 fully saturated rings. The highest BCUT2D eigenvalue weighted by molar-refractivity contribution is 5.89. The maximum Gasteiger partial charge on any atom is 0.337 e. The number of esters is 1. The van der Waals surface area contributed by atoms with E-state index < -0.39 is 0 Å². The van der Waals surface area contributed by atoms with Crippen molar-refractivity contribution in [3.05, 3.63) is 83.4 Å². The summed E-state index contributed by atoms with van der Waals surface area (Å²) in [5.41, 5.74) is 2.60. The van der Waals surface area contributed by atoms with Crippen molar-refractivity contribution in [2.45, 2.75) is 13.0 Å². The van der Waals surface area contributed by atoms with Gasteiger partial charge in [0.15, 0.2) is 0 Å². The normalized spacial score (nSPS) is 12.5. The molecule has 0 aromatic heterocycles. The van der Waals surface area contributed by atoms with Gasteiger partial charge < -0.3 is 19.5 Å². The molecule has 1 N–H and O–H groups in total. The number of fused-ring (bicyclic) bond motifs is 1. The molecule has 0 saturated carbocycles. The zero-order valence-corrected chi connectivity index (χ0v) is 18.3. The Kier molecular flexibility index (Phi) is 8.21. The lowest BCUT2D eigenvalue weighted by molar-refractivity contribution is 0.0600. The number of hydrogen-bond donors (Lipinski definition) is 1. The first-order valence-electron chi connectivity index (χ1n) is 10.3. The summed E-state index contributed by atoms with van der Waals surface area (Å²) in [4.78, 5) is 11.7. The zero-order valence-electron chi connectivity index (χ0n) is 18.3. The summed E-state index contributed by atoms with van der Waals surface area (Å²) in [5, 5.41) is 5.71. The maximum absolute atomic E-state index is 11.7. The van der Waals surface area contributed by atoms with E-state index in [2.05, 4.69) is 36.5 Å². The Labute approximate surface area is 183 Å². The predicted octanol–water partition coefficient (Wildman–Crippen LogP) is 4.71. The average Bonchev–Trinajstić information content (AvgIpc) is 2.81. The number of nitrogens with one attached hydrogen (secondary N) is 1. The second kappa shape index (κ2) is 11.3. The van der Waals surface area contributed by atoms with E-state index >= 15 is 0 Å². The minimum atomic E-state index is -0.343. The van der Waals surface area contributed by atoms with Crippen molar-refractivity contribution >= 4 is 22.8 Å². The lowest BCUT2D eigenvalue weighted by Gasteiger charge is -2.16. The van der Waals surface area contributed by atoms with Crippen LogP contribution >= 0.6 is 0 Å². The van der Waals surface area contributed by atoms with Crippen molar-refractivity contribution in [2.24, 2.45) is 0 Å². The monoisotopic (exact) mass is 419 g/mol. The van der Waals surface area contributed by atoms with Crippen LogP contribution in [0, 0.1) is 0 Å². The number of ether oxygens (including phenoxy) is 3. The van der Waals surface area contributed by atoms with Crippen LogP contribution in [0.1, 0.15) is 22.8 Å². The fourth-order valence-electron chi connectivity index (χ4n) is 3.32. The van der Waals surface area contributed by atoms with Crippen LogP contribution in [-0.2, 0) is 9.47 Å². The third kappa shape index (κ3) is 6.41. The van der Waals surface area contributed by atoms with E-state index in [1.54, 1.807) is 19.2 Å². The van der Waals surface area contributed by atoms with E-state index in [1.165, 1.54) is 7.11 Å². The van der Waals surface area contributed by atoms with E-state index in [1.807, 2.05) is 36.4 Å².